The van der Waals surface area contributed by atoms with Crippen LogP contribution in [-0.4, -0.2) is 23.2 Å². The van der Waals surface area contributed by atoms with Gasteiger partial charge in [0, 0.05) is 11.6 Å². The molecular formula is C17H21N3O2. The number of rotatable bonds is 6. The molecule has 1 aromatic heterocycles. The van der Waals surface area contributed by atoms with E-state index >= 15 is 0 Å². The number of aromatic amines is 1. The second-order valence-corrected chi connectivity index (χ2v) is 5.69. The van der Waals surface area contributed by atoms with Crippen molar-refractivity contribution in [3.63, 3.8) is 0 Å². The number of amides is 1. The van der Waals surface area contributed by atoms with E-state index in [0.29, 0.717) is 11.6 Å². The van der Waals surface area contributed by atoms with Crippen LogP contribution in [0.2, 0.25) is 0 Å². The van der Waals surface area contributed by atoms with E-state index in [0.717, 1.165) is 23.4 Å². The molecule has 3 rings (SSSR count). The van der Waals surface area contributed by atoms with Gasteiger partial charge < -0.3 is 10.1 Å². The zero-order chi connectivity index (χ0) is 15.5. The Hall–Kier alpha value is -2.30. The molecule has 2 aromatic rings. The van der Waals surface area contributed by atoms with Crippen LogP contribution in [0.25, 0.3) is 0 Å². The first-order valence-electron chi connectivity index (χ1n) is 7.71. The van der Waals surface area contributed by atoms with Crippen molar-refractivity contribution in [3.8, 4) is 5.75 Å². The van der Waals surface area contributed by atoms with Gasteiger partial charge in [-0.25, -0.2) is 0 Å². The molecule has 1 heterocycles. The number of H-pyrrole nitrogens is 1. The quantitative estimate of drug-likeness (QED) is 0.861. The molecule has 1 unspecified atom stereocenters. The average molecular weight is 299 g/mol. The minimum absolute atomic E-state index is 0.0283. The smallest absolute Gasteiger partial charge is 0.272 e. The summed E-state index contributed by atoms with van der Waals surface area (Å²) in [5, 5.41) is 10.1. The predicted molar refractivity (Wildman–Crippen MR) is 84.1 cm³/mol. The van der Waals surface area contributed by atoms with Crippen LogP contribution in [0.15, 0.2) is 30.3 Å². The number of benzene rings is 1. The van der Waals surface area contributed by atoms with Gasteiger partial charge in [0.1, 0.15) is 11.4 Å². The molecule has 0 aliphatic heterocycles. The predicted octanol–water partition coefficient (Wildman–Crippen LogP) is 3.18. The second-order valence-electron chi connectivity index (χ2n) is 5.69. The molecule has 2 N–H and O–H groups in total. The highest BCUT2D eigenvalue weighted by Crippen LogP contribution is 2.39. The number of hydrogen-bond acceptors (Lipinski definition) is 3. The van der Waals surface area contributed by atoms with Crippen molar-refractivity contribution in [1.29, 1.82) is 0 Å². The molecular weight excluding hydrogens is 278 g/mol. The van der Waals surface area contributed by atoms with Gasteiger partial charge in [-0.15, -0.1) is 0 Å². The van der Waals surface area contributed by atoms with E-state index in [1.54, 1.807) is 7.11 Å². The molecule has 5 nitrogen and oxygen atoms in total. The third-order valence-electron chi connectivity index (χ3n) is 4.08. The maximum absolute atomic E-state index is 12.3. The van der Waals surface area contributed by atoms with E-state index < -0.39 is 0 Å². The first kappa shape index (κ1) is 14.6. The molecule has 1 amide bonds. The topological polar surface area (TPSA) is 67.0 Å². The average Bonchev–Trinajstić information content (AvgIpc) is 3.29. The molecule has 0 spiro atoms. The molecule has 1 fully saturated rings. The van der Waals surface area contributed by atoms with Gasteiger partial charge in [-0.05, 0) is 43.0 Å². The first-order chi connectivity index (χ1) is 10.7. The van der Waals surface area contributed by atoms with E-state index in [4.69, 9.17) is 4.74 Å². The lowest BCUT2D eigenvalue weighted by Crippen LogP contribution is -2.28. The molecule has 1 aromatic carbocycles. The summed E-state index contributed by atoms with van der Waals surface area (Å²) in [6, 6.07) is 9.61. The summed E-state index contributed by atoms with van der Waals surface area (Å²) < 4.78 is 5.16. The summed E-state index contributed by atoms with van der Waals surface area (Å²) in [6.45, 7) is 2.05. The molecule has 22 heavy (non-hydrogen) atoms. The number of aromatic nitrogens is 2. The van der Waals surface area contributed by atoms with Gasteiger partial charge >= 0.3 is 0 Å². The molecule has 0 saturated heterocycles. The second kappa shape index (κ2) is 6.22. The Morgan fingerprint density at radius 2 is 2.14 bits per heavy atom. The van der Waals surface area contributed by atoms with Crippen LogP contribution in [0.3, 0.4) is 0 Å². The molecule has 0 radical (unpaired) electrons. The van der Waals surface area contributed by atoms with Gasteiger partial charge in [0.25, 0.3) is 5.91 Å². The standard InChI is InChI=1S/C17H21N3O2/c1-3-14(11-6-8-13(22-2)9-7-11)18-17(21)16-10-15(19-20-16)12-4-5-12/h6-10,12,14H,3-5H2,1-2H3,(H,18,21)(H,19,20). The fourth-order valence-electron chi connectivity index (χ4n) is 2.55. The Morgan fingerprint density at radius 1 is 1.41 bits per heavy atom. The Labute approximate surface area is 130 Å². The monoisotopic (exact) mass is 299 g/mol. The molecule has 116 valence electrons. The SMILES string of the molecule is CCC(NC(=O)c1cc(C2CC2)[nH]n1)c1ccc(OC)cc1. The minimum Gasteiger partial charge on any atom is -0.497 e. The van der Waals surface area contributed by atoms with E-state index in [-0.39, 0.29) is 11.9 Å². The van der Waals surface area contributed by atoms with Crippen molar-refractivity contribution in [3.05, 3.63) is 47.3 Å². The van der Waals surface area contributed by atoms with Crippen LogP contribution in [-0.2, 0) is 0 Å². The lowest BCUT2D eigenvalue weighted by molar-refractivity contribution is 0.0930. The highest BCUT2D eigenvalue weighted by molar-refractivity contribution is 5.92. The third kappa shape index (κ3) is 3.13. The summed E-state index contributed by atoms with van der Waals surface area (Å²) >= 11 is 0. The van der Waals surface area contributed by atoms with Crippen molar-refractivity contribution in [2.75, 3.05) is 7.11 Å². The fourth-order valence-corrected chi connectivity index (χ4v) is 2.55. The van der Waals surface area contributed by atoms with Gasteiger partial charge in [0.05, 0.1) is 13.2 Å². The van der Waals surface area contributed by atoms with E-state index in [1.807, 2.05) is 30.3 Å². The van der Waals surface area contributed by atoms with Crippen LogP contribution in [0, 0.1) is 0 Å². The highest BCUT2D eigenvalue weighted by Gasteiger charge is 2.26. The van der Waals surface area contributed by atoms with Crippen LogP contribution in [0.5, 0.6) is 5.75 Å². The van der Waals surface area contributed by atoms with Crippen LogP contribution in [0.4, 0.5) is 0 Å². The molecule has 1 atom stereocenters. The maximum atomic E-state index is 12.3. The Balaban J connectivity index is 1.68. The fraction of sp³-hybridized carbons (Fsp3) is 0.412. The Kier molecular flexibility index (Phi) is 4.13. The number of nitrogens with zero attached hydrogens (tertiary/aromatic N) is 1. The van der Waals surface area contributed by atoms with Crippen molar-refractivity contribution in [2.45, 2.75) is 38.1 Å². The highest BCUT2D eigenvalue weighted by atomic mass is 16.5. The van der Waals surface area contributed by atoms with Crippen LogP contribution < -0.4 is 10.1 Å². The van der Waals surface area contributed by atoms with Gasteiger partial charge in [-0.3, -0.25) is 9.89 Å². The number of carbonyl (C=O) groups excluding carboxylic acids is 1. The van der Waals surface area contributed by atoms with E-state index in [2.05, 4.69) is 22.4 Å². The van der Waals surface area contributed by atoms with Crippen LogP contribution in [0.1, 0.15) is 59.9 Å². The summed E-state index contributed by atoms with van der Waals surface area (Å²) in [5.74, 6) is 1.25. The maximum Gasteiger partial charge on any atom is 0.272 e. The number of nitrogens with one attached hydrogen (secondary N) is 2. The molecule has 1 saturated carbocycles. The minimum atomic E-state index is -0.134. The van der Waals surface area contributed by atoms with Crippen molar-refractivity contribution >= 4 is 5.91 Å². The summed E-state index contributed by atoms with van der Waals surface area (Å²) in [4.78, 5) is 12.3. The van der Waals surface area contributed by atoms with Gasteiger partial charge in [-0.1, -0.05) is 19.1 Å². The van der Waals surface area contributed by atoms with Gasteiger partial charge in [0.15, 0.2) is 0 Å². The normalized spacial score (nSPS) is 15.4. The van der Waals surface area contributed by atoms with Crippen LogP contribution >= 0.6 is 0 Å². The molecule has 0 bridgehead atoms. The number of carbonyl (C=O) groups is 1. The van der Waals surface area contributed by atoms with E-state index in [9.17, 15) is 4.79 Å². The summed E-state index contributed by atoms with van der Waals surface area (Å²) in [5.41, 5.74) is 2.60. The third-order valence-corrected chi connectivity index (χ3v) is 4.08. The first-order valence-corrected chi connectivity index (χ1v) is 7.71. The lowest BCUT2D eigenvalue weighted by atomic mass is 10.0. The largest absolute Gasteiger partial charge is 0.497 e. The zero-order valence-electron chi connectivity index (χ0n) is 12.9. The van der Waals surface area contributed by atoms with Crippen molar-refractivity contribution in [1.82, 2.24) is 15.5 Å². The zero-order valence-corrected chi connectivity index (χ0v) is 12.9. The molecule has 5 heteroatoms. The van der Waals surface area contributed by atoms with E-state index in [1.165, 1.54) is 12.8 Å². The number of hydrogen-bond donors (Lipinski definition) is 2. The Morgan fingerprint density at radius 3 is 2.73 bits per heavy atom. The number of methoxy groups -OCH3 is 1. The summed E-state index contributed by atoms with van der Waals surface area (Å²) in [7, 11) is 1.64. The van der Waals surface area contributed by atoms with Gasteiger partial charge in [0.2, 0.25) is 0 Å². The van der Waals surface area contributed by atoms with Crippen molar-refractivity contribution in [2.24, 2.45) is 0 Å². The Bertz CT molecular complexity index is 644. The molecule has 1 aliphatic rings. The van der Waals surface area contributed by atoms with Crippen molar-refractivity contribution < 1.29 is 9.53 Å². The van der Waals surface area contributed by atoms with Gasteiger partial charge in [-0.2, -0.15) is 5.10 Å². The molecule has 1 aliphatic carbocycles. The number of ether oxygens (including phenoxy) is 1. The summed E-state index contributed by atoms with van der Waals surface area (Å²) in [6.07, 6.45) is 3.19. The lowest BCUT2D eigenvalue weighted by Gasteiger charge is -2.17.